The van der Waals surface area contributed by atoms with Gasteiger partial charge in [0.25, 0.3) is 0 Å². The maximum absolute atomic E-state index is 15.0. The van der Waals surface area contributed by atoms with E-state index in [2.05, 4.69) is 46.1 Å². The summed E-state index contributed by atoms with van der Waals surface area (Å²) in [7, 11) is 0. The molecule has 200 valence electrons. The first-order chi connectivity index (χ1) is 18.9. The van der Waals surface area contributed by atoms with Gasteiger partial charge in [-0.15, -0.1) is 0 Å². The Balaban J connectivity index is 1.43. The summed E-state index contributed by atoms with van der Waals surface area (Å²) in [5.41, 5.74) is 4.15. The van der Waals surface area contributed by atoms with Crippen LogP contribution in [0.25, 0.3) is 5.69 Å². The van der Waals surface area contributed by atoms with Gasteiger partial charge in [0.1, 0.15) is 11.9 Å². The Kier molecular flexibility index (Phi) is 7.04. The number of thiocarbonyl (C=S) groups is 1. The van der Waals surface area contributed by atoms with Crippen LogP contribution in [0.3, 0.4) is 0 Å². The van der Waals surface area contributed by atoms with Crippen LogP contribution < -0.4 is 15.1 Å². The first kappa shape index (κ1) is 25.8. The van der Waals surface area contributed by atoms with Crippen molar-refractivity contribution in [2.75, 3.05) is 22.9 Å². The van der Waals surface area contributed by atoms with Crippen LogP contribution in [0.15, 0.2) is 85.2 Å². The summed E-state index contributed by atoms with van der Waals surface area (Å²) in [4.78, 5) is 9.12. The molecule has 2 aliphatic rings. The highest BCUT2D eigenvalue weighted by Gasteiger charge is 2.42. The topological polar surface area (TPSA) is 36.3 Å². The summed E-state index contributed by atoms with van der Waals surface area (Å²) in [6, 6.07) is 22.3. The number of anilines is 2. The molecule has 2 aromatic carbocycles. The third kappa shape index (κ3) is 4.90. The summed E-state index contributed by atoms with van der Waals surface area (Å²) in [6.07, 6.45) is 4.90. The third-order valence-electron chi connectivity index (χ3n) is 7.71. The zero-order valence-electron chi connectivity index (χ0n) is 22.0. The zero-order chi connectivity index (χ0) is 27.1. The number of rotatable bonds is 5. The van der Waals surface area contributed by atoms with E-state index < -0.39 is 0 Å². The predicted molar refractivity (Wildman–Crippen MR) is 160 cm³/mol. The minimum absolute atomic E-state index is 0.249. The average Bonchev–Trinajstić information content (AvgIpc) is 3.53. The second-order valence-corrected chi connectivity index (χ2v) is 11.5. The van der Waals surface area contributed by atoms with E-state index in [1.165, 1.54) is 12.5 Å². The lowest BCUT2D eigenvalue weighted by molar-refractivity contribution is 0.357. The third-order valence-corrected chi connectivity index (χ3v) is 8.33. The van der Waals surface area contributed by atoms with Crippen LogP contribution in [0.5, 0.6) is 0 Å². The standard InChI is InChI=1S/C31H31ClFN5S/c1-20-16-21(2)19-36(18-20)26-13-12-22(17-23(26)32)38-30(29(35-31(38)39)25-9-5-6-14-34-25)28-11-7-15-37(28)27-10-4-3-8-24(27)33/h3-15,17,20-21,29-30H,16,18-19H2,1-2H3,(H,35,39)/t20-,21+,29-,30+/m1/s1. The molecule has 4 aromatic rings. The van der Waals surface area contributed by atoms with Gasteiger partial charge in [0, 0.05) is 36.9 Å². The highest BCUT2D eigenvalue weighted by molar-refractivity contribution is 7.80. The number of hydrogen-bond donors (Lipinski definition) is 1. The second-order valence-electron chi connectivity index (χ2n) is 10.7. The van der Waals surface area contributed by atoms with Crippen molar-refractivity contribution in [2.24, 2.45) is 11.8 Å². The molecule has 0 radical (unpaired) electrons. The smallest absolute Gasteiger partial charge is 0.174 e. The molecule has 5 nitrogen and oxygen atoms in total. The lowest BCUT2D eigenvalue weighted by atomic mass is 9.91. The fraction of sp³-hybridized carbons (Fsp3) is 0.290. The normalized spacial score (nSPS) is 23.2. The first-order valence-corrected chi connectivity index (χ1v) is 14.2. The summed E-state index contributed by atoms with van der Waals surface area (Å²) in [5.74, 6) is 0.950. The van der Waals surface area contributed by atoms with Crippen molar-refractivity contribution in [3.05, 3.63) is 107 Å². The van der Waals surface area contributed by atoms with E-state index in [0.29, 0.717) is 27.7 Å². The second kappa shape index (κ2) is 10.6. The van der Waals surface area contributed by atoms with Crippen molar-refractivity contribution in [1.29, 1.82) is 0 Å². The first-order valence-electron chi connectivity index (χ1n) is 13.4. The number of aromatic nitrogens is 2. The summed E-state index contributed by atoms with van der Waals surface area (Å²) in [5, 5.41) is 4.76. The van der Waals surface area contributed by atoms with Crippen LogP contribution in [-0.4, -0.2) is 27.8 Å². The number of piperidine rings is 1. The molecule has 2 aromatic heterocycles. The molecule has 0 bridgehead atoms. The summed E-state index contributed by atoms with van der Waals surface area (Å²) in [6.45, 7) is 6.58. The number of nitrogens with one attached hydrogen (secondary N) is 1. The van der Waals surface area contributed by atoms with Gasteiger partial charge in [-0.2, -0.15) is 0 Å². The molecule has 6 rings (SSSR count). The lowest BCUT2D eigenvalue weighted by Gasteiger charge is -2.37. The summed E-state index contributed by atoms with van der Waals surface area (Å²) >= 11 is 12.9. The monoisotopic (exact) mass is 559 g/mol. The number of nitrogens with zero attached hydrogens (tertiary/aromatic N) is 4. The Morgan fingerprint density at radius 1 is 0.949 bits per heavy atom. The fourth-order valence-corrected chi connectivity index (χ4v) is 6.84. The van der Waals surface area contributed by atoms with Crippen molar-refractivity contribution in [3.8, 4) is 5.69 Å². The molecule has 1 N–H and O–H groups in total. The van der Waals surface area contributed by atoms with Crippen molar-refractivity contribution in [3.63, 3.8) is 0 Å². The van der Waals surface area contributed by atoms with Gasteiger partial charge in [0.05, 0.1) is 28.1 Å². The van der Waals surface area contributed by atoms with Gasteiger partial charge in [-0.3, -0.25) is 4.98 Å². The molecule has 4 atom stereocenters. The SMILES string of the molecule is C[C@@H]1C[C@H](C)CN(c2ccc(N3C(=S)N[C@H](c4ccccn4)[C@@H]3c3cccn3-c3ccccc3F)cc2Cl)C1. The zero-order valence-corrected chi connectivity index (χ0v) is 23.5. The molecule has 0 unspecified atom stereocenters. The number of halogens is 2. The van der Waals surface area contributed by atoms with E-state index in [1.54, 1.807) is 18.3 Å². The maximum Gasteiger partial charge on any atom is 0.174 e. The van der Waals surface area contributed by atoms with Crippen LogP contribution >= 0.6 is 23.8 Å². The van der Waals surface area contributed by atoms with Crippen LogP contribution in [0, 0.1) is 17.7 Å². The van der Waals surface area contributed by atoms with Crippen LogP contribution in [0.4, 0.5) is 15.8 Å². The van der Waals surface area contributed by atoms with Gasteiger partial charge in [0.2, 0.25) is 0 Å². The van der Waals surface area contributed by atoms with Crippen LogP contribution in [0.2, 0.25) is 5.02 Å². The molecule has 0 aliphatic carbocycles. The Morgan fingerprint density at radius 3 is 2.44 bits per heavy atom. The molecule has 39 heavy (non-hydrogen) atoms. The van der Waals surface area contributed by atoms with Gasteiger partial charge < -0.3 is 19.7 Å². The van der Waals surface area contributed by atoms with E-state index in [0.717, 1.165) is 35.9 Å². The highest BCUT2D eigenvalue weighted by atomic mass is 35.5. The molecule has 0 spiro atoms. The molecule has 2 aliphatic heterocycles. The van der Waals surface area contributed by atoms with E-state index in [4.69, 9.17) is 23.8 Å². The molecule has 0 amide bonds. The molecule has 8 heteroatoms. The quantitative estimate of drug-likeness (QED) is 0.259. The minimum atomic E-state index is -0.293. The lowest BCUT2D eigenvalue weighted by Crippen LogP contribution is -2.38. The molecule has 2 fully saturated rings. The van der Waals surface area contributed by atoms with Crippen molar-refractivity contribution < 1.29 is 4.39 Å². The maximum atomic E-state index is 15.0. The van der Waals surface area contributed by atoms with E-state index >= 15 is 0 Å². The largest absolute Gasteiger partial charge is 0.370 e. The molecular weight excluding hydrogens is 529 g/mol. The van der Waals surface area contributed by atoms with Crippen molar-refractivity contribution >= 4 is 40.3 Å². The van der Waals surface area contributed by atoms with Crippen LogP contribution in [-0.2, 0) is 0 Å². The van der Waals surface area contributed by atoms with Crippen LogP contribution in [0.1, 0.15) is 43.7 Å². The number of pyridine rings is 1. The minimum Gasteiger partial charge on any atom is -0.370 e. The fourth-order valence-electron chi connectivity index (χ4n) is 6.20. The number of benzene rings is 2. The van der Waals surface area contributed by atoms with Gasteiger partial charge >= 0.3 is 0 Å². The number of hydrogen-bond acceptors (Lipinski definition) is 3. The van der Waals surface area contributed by atoms with Gasteiger partial charge in [-0.1, -0.05) is 43.6 Å². The Hall–Kier alpha value is -3.42. The van der Waals surface area contributed by atoms with Crippen molar-refractivity contribution in [1.82, 2.24) is 14.9 Å². The van der Waals surface area contributed by atoms with Gasteiger partial charge in [-0.25, -0.2) is 4.39 Å². The summed E-state index contributed by atoms with van der Waals surface area (Å²) < 4.78 is 16.8. The van der Waals surface area contributed by atoms with Gasteiger partial charge in [0.15, 0.2) is 5.11 Å². The van der Waals surface area contributed by atoms with Crippen molar-refractivity contribution in [2.45, 2.75) is 32.4 Å². The molecule has 2 saturated heterocycles. The van der Waals surface area contributed by atoms with E-state index in [-0.39, 0.29) is 17.9 Å². The number of para-hydroxylation sites is 1. The highest BCUT2D eigenvalue weighted by Crippen LogP contribution is 2.44. The average molecular weight is 560 g/mol. The van der Waals surface area contributed by atoms with E-state index in [1.807, 2.05) is 53.2 Å². The van der Waals surface area contributed by atoms with E-state index in [9.17, 15) is 4.39 Å². The Bertz CT molecular complexity index is 1480. The Labute approximate surface area is 239 Å². The predicted octanol–water partition coefficient (Wildman–Crippen LogP) is 7.32. The molecule has 0 saturated carbocycles. The van der Waals surface area contributed by atoms with Gasteiger partial charge in [-0.05, 0) is 85.1 Å². The molecular formula is C31H31ClFN5S. The molecule has 4 heterocycles. The Morgan fingerprint density at radius 2 is 1.72 bits per heavy atom.